The fourth-order valence-corrected chi connectivity index (χ4v) is 2.37. The highest BCUT2D eigenvalue weighted by Crippen LogP contribution is 2.28. The van der Waals surface area contributed by atoms with E-state index in [2.05, 4.69) is 15.9 Å². The molecular formula is C10H13BrO3S. The van der Waals surface area contributed by atoms with Crippen LogP contribution in [0.1, 0.15) is 13.8 Å². The maximum absolute atomic E-state index is 11.6. The zero-order valence-electron chi connectivity index (χ0n) is 8.66. The van der Waals surface area contributed by atoms with Crippen LogP contribution in [0.4, 0.5) is 0 Å². The molecule has 1 rings (SSSR count). The van der Waals surface area contributed by atoms with Crippen molar-refractivity contribution in [3.05, 3.63) is 22.7 Å². The largest absolute Gasteiger partial charge is 0.493 e. The van der Waals surface area contributed by atoms with Crippen molar-refractivity contribution in [2.45, 2.75) is 18.7 Å². The van der Waals surface area contributed by atoms with E-state index in [-0.39, 0.29) is 5.75 Å². The van der Waals surface area contributed by atoms with Gasteiger partial charge in [-0.1, -0.05) is 6.92 Å². The van der Waals surface area contributed by atoms with Crippen LogP contribution in [0.25, 0.3) is 0 Å². The zero-order chi connectivity index (χ0) is 11.5. The molecule has 0 radical (unpaired) electrons. The first-order chi connectivity index (χ1) is 7.01. The lowest BCUT2D eigenvalue weighted by molar-refractivity contribution is 0.337. The van der Waals surface area contributed by atoms with Gasteiger partial charge in [-0.25, -0.2) is 8.42 Å². The minimum absolute atomic E-state index is 0.0974. The van der Waals surface area contributed by atoms with E-state index in [1.807, 2.05) is 6.92 Å². The summed E-state index contributed by atoms with van der Waals surface area (Å²) in [5, 5.41) is 0. The summed E-state index contributed by atoms with van der Waals surface area (Å²) >= 11 is 3.30. The predicted octanol–water partition coefficient (Wildman–Crippen LogP) is 2.64. The monoisotopic (exact) mass is 292 g/mol. The van der Waals surface area contributed by atoms with Gasteiger partial charge >= 0.3 is 0 Å². The SMILES string of the molecule is CCOc1cc(S(=O)(=O)CC)ccc1Br. The lowest BCUT2D eigenvalue weighted by atomic mass is 10.3. The van der Waals surface area contributed by atoms with Crippen LogP contribution in [-0.4, -0.2) is 20.8 Å². The molecule has 3 nitrogen and oxygen atoms in total. The number of ether oxygens (including phenoxy) is 1. The van der Waals surface area contributed by atoms with E-state index in [0.29, 0.717) is 17.3 Å². The average Bonchev–Trinajstić information content (AvgIpc) is 2.21. The minimum atomic E-state index is -3.16. The molecule has 0 aromatic heterocycles. The molecule has 0 unspecified atom stereocenters. The quantitative estimate of drug-likeness (QED) is 0.857. The van der Waals surface area contributed by atoms with Crippen LogP contribution in [-0.2, 0) is 9.84 Å². The third-order valence-electron chi connectivity index (χ3n) is 1.94. The molecule has 0 atom stereocenters. The van der Waals surface area contributed by atoms with Crippen molar-refractivity contribution in [2.75, 3.05) is 12.4 Å². The maximum Gasteiger partial charge on any atom is 0.178 e. The average molecular weight is 293 g/mol. The highest BCUT2D eigenvalue weighted by Gasteiger charge is 2.13. The van der Waals surface area contributed by atoms with Crippen molar-refractivity contribution in [2.24, 2.45) is 0 Å². The Balaban J connectivity index is 3.19. The highest BCUT2D eigenvalue weighted by atomic mass is 79.9. The van der Waals surface area contributed by atoms with E-state index in [1.165, 1.54) is 0 Å². The van der Waals surface area contributed by atoms with Gasteiger partial charge in [-0.05, 0) is 41.1 Å². The summed E-state index contributed by atoms with van der Waals surface area (Å²) in [6.45, 7) is 3.99. The minimum Gasteiger partial charge on any atom is -0.493 e. The van der Waals surface area contributed by atoms with Gasteiger partial charge in [0.15, 0.2) is 9.84 Å². The van der Waals surface area contributed by atoms with E-state index >= 15 is 0 Å². The smallest absolute Gasteiger partial charge is 0.178 e. The van der Waals surface area contributed by atoms with Crippen LogP contribution < -0.4 is 4.74 Å². The molecule has 0 saturated heterocycles. The predicted molar refractivity (Wildman–Crippen MR) is 63.0 cm³/mol. The molecule has 1 aromatic rings. The summed E-state index contributed by atoms with van der Waals surface area (Å²) in [7, 11) is -3.16. The Morgan fingerprint density at radius 1 is 1.33 bits per heavy atom. The topological polar surface area (TPSA) is 43.4 Å². The molecule has 15 heavy (non-hydrogen) atoms. The van der Waals surface area contributed by atoms with Gasteiger partial charge in [0, 0.05) is 0 Å². The van der Waals surface area contributed by atoms with Crippen molar-refractivity contribution in [1.82, 2.24) is 0 Å². The first kappa shape index (κ1) is 12.5. The molecule has 0 bridgehead atoms. The first-order valence-corrected chi connectivity index (χ1v) is 7.11. The Labute approximate surface area is 98.5 Å². The van der Waals surface area contributed by atoms with Crippen molar-refractivity contribution >= 4 is 25.8 Å². The molecule has 0 aliphatic carbocycles. The Bertz CT molecular complexity index is 440. The Kier molecular flexibility index (Phi) is 4.16. The molecule has 0 amide bonds. The lowest BCUT2D eigenvalue weighted by Crippen LogP contribution is -2.04. The van der Waals surface area contributed by atoms with E-state index in [4.69, 9.17) is 4.74 Å². The van der Waals surface area contributed by atoms with E-state index in [9.17, 15) is 8.42 Å². The molecule has 0 N–H and O–H groups in total. The second kappa shape index (κ2) is 4.99. The number of halogens is 1. The van der Waals surface area contributed by atoms with Gasteiger partial charge in [0.2, 0.25) is 0 Å². The summed E-state index contributed by atoms with van der Waals surface area (Å²) < 4.78 is 29.3. The van der Waals surface area contributed by atoms with Gasteiger partial charge in [0.05, 0.1) is 21.7 Å². The zero-order valence-corrected chi connectivity index (χ0v) is 11.1. The number of hydrogen-bond acceptors (Lipinski definition) is 3. The lowest BCUT2D eigenvalue weighted by Gasteiger charge is -2.08. The molecule has 0 spiro atoms. The van der Waals surface area contributed by atoms with Crippen LogP contribution in [0, 0.1) is 0 Å². The van der Waals surface area contributed by atoms with E-state index in [0.717, 1.165) is 4.47 Å². The van der Waals surface area contributed by atoms with Crippen LogP contribution in [0.15, 0.2) is 27.6 Å². The summed E-state index contributed by atoms with van der Waals surface area (Å²) in [5.74, 6) is 0.659. The molecule has 0 heterocycles. The molecule has 5 heteroatoms. The number of rotatable bonds is 4. The van der Waals surface area contributed by atoms with Crippen molar-refractivity contribution in [1.29, 1.82) is 0 Å². The Morgan fingerprint density at radius 3 is 2.53 bits per heavy atom. The fourth-order valence-electron chi connectivity index (χ4n) is 1.11. The summed E-state index contributed by atoms with van der Waals surface area (Å²) in [6, 6.07) is 4.81. The normalized spacial score (nSPS) is 11.4. The number of sulfone groups is 1. The van der Waals surface area contributed by atoms with Gasteiger partial charge < -0.3 is 4.74 Å². The van der Waals surface area contributed by atoms with E-state index < -0.39 is 9.84 Å². The highest BCUT2D eigenvalue weighted by molar-refractivity contribution is 9.10. The van der Waals surface area contributed by atoms with Crippen molar-refractivity contribution in [3.63, 3.8) is 0 Å². The fraction of sp³-hybridized carbons (Fsp3) is 0.400. The van der Waals surface area contributed by atoms with Gasteiger partial charge in [-0.15, -0.1) is 0 Å². The number of benzene rings is 1. The summed E-state index contributed by atoms with van der Waals surface area (Å²) in [6.07, 6.45) is 0. The van der Waals surface area contributed by atoms with Crippen LogP contribution in [0.2, 0.25) is 0 Å². The summed E-state index contributed by atoms with van der Waals surface area (Å²) in [5.41, 5.74) is 0. The van der Waals surface area contributed by atoms with Crippen molar-refractivity contribution in [3.8, 4) is 5.75 Å². The van der Waals surface area contributed by atoms with E-state index in [1.54, 1.807) is 25.1 Å². The molecule has 0 fully saturated rings. The van der Waals surface area contributed by atoms with Gasteiger partial charge in [0.1, 0.15) is 5.75 Å². The molecule has 84 valence electrons. The maximum atomic E-state index is 11.6. The first-order valence-electron chi connectivity index (χ1n) is 4.66. The Hall–Kier alpha value is -0.550. The number of hydrogen-bond donors (Lipinski definition) is 0. The molecule has 0 aliphatic rings. The van der Waals surface area contributed by atoms with Crippen molar-refractivity contribution < 1.29 is 13.2 Å². The molecule has 0 saturated carbocycles. The van der Waals surface area contributed by atoms with Crippen LogP contribution in [0.5, 0.6) is 5.75 Å². The van der Waals surface area contributed by atoms with Crippen LogP contribution in [0.3, 0.4) is 0 Å². The molecular weight excluding hydrogens is 280 g/mol. The van der Waals surface area contributed by atoms with Crippen LogP contribution >= 0.6 is 15.9 Å². The Morgan fingerprint density at radius 2 is 2.00 bits per heavy atom. The standard InChI is InChI=1S/C10H13BrO3S/c1-3-14-10-7-8(5-6-9(10)11)15(12,13)4-2/h5-7H,3-4H2,1-2H3. The summed E-state index contributed by atoms with van der Waals surface area (Å²) in [4.78, 5) is 0.302. The third-order valence-corrected chi connectivity index (χ3v) is 4.33. The van der Waals surface area contributed by atoms with Gasteiger partial charge in [0.25, 0.3) is 0 Å². The second-order valence-electron chi connectivity index (χ2n) is 2.93. The van der Waals surface area contributed by atoms with Gasteiger partial charge in [-0.3, -0.25) is 0 Å². The molecule has 1 aromatic carbocycles. The molecule has 0 aliphatic heterocycles. The second-order valence-corrected chi connectivity index (χ2v) is 6.06. The third kappa shape index (κ3) is 2.95. The van der Waals surface area contributed by atoms with Gasteiger partial charge in [-0.2, -0.15) is 0 Å².